The number of ether oxygens (including phenoxy) is 1. The van der Waals surface area contributed by atoms with E-state index < -0.39 is 17.7 Å². The third-order valence-electron chi connectivity index (χ3n) is 2.65. The molecule has 0 saturated carbocycles. The molecule has 1 amide bonds. The number of carbonyl (C=O) groups excluding carboxylic acids is 2. The van der Waals surface area contributed by atoms with Crippen molar-refractivity contribution in [1.82, 2.24) is 4.90 Å². The normalized spacial score (nSPS) is 10.5. The number of esters is 1. The van der Waals surface area contributed by atoms with Gasteiger partial charge in [-0.3, -0.25) is 9.59 Å². The lowest BCUT2D eigenvalue weighted by Gasteiger charge is -2.26. The van der Waals surface area contributed by atoms with Crippen molar-refractivity contribution in [3.8, 4) is 0 Å². The number of hydrogen-bond acceptors (Lipinski definition) is 3. The average molecular weight is 302 g/mol. The first-order chi connectivity index (χ1) is 9.36. The Balaban J connectivity index is 2.96. The second-order valence-corrected chi connectivity index (χ2v) is 4.89. The molecule has 1 rings (SSSR count). The molecule has 0 aliphatic heterocycles. The quantitative estimate of drug-likeness (QED) is 0.786. The molecule has 1 aromatic rings. The van der Waals surface area contributed by atoms with Gasteiger partial charge in [0.1, 0.15) is 12.4 Å². The maximum atomic E-state index is 13.8. The number of hydrogen-bond donors (Lipinski definition) is 0. The largest absolute Gasteiger partial charge is 0.465 e. The van der Waals surface area contributed by atoms with E-state index in [-0.39, 0.29) is 29.8 Å². The predicted molar refractivity (Wildman–Crippen MR) is 74.2 cm³/mol. The van der Waals surface area contributed by atoms with E-state index in [2.05, 4.69) is 0 Å². The van der Waals surface area contributed by atoms with Gasteiger partial charge in [-0.25, -0.2) is 4.39 Å². The maximum absolute atomic E-state index is 13.8. The fourth-order valence-corrected chi connectivity index (χ4v) is 1.81. The second-order valence-electron chi connectivity index (χ2n) is 4.46. The van der Waals surface area contributed by atoms with E-state index in [1.807, 2.05) is 0 Å². The summed E-state index contributed by atoms with van der Waals surface area (Å²) in [6, 6.07) is 3.54. The zero-order valence-electron chi connectivity index (χ0n) is 11.7. The van der Waals surface area contributed by atoms with Crippen molar-refractivity contribution < 1.29 is 18.7 Å². The van der Waals surface area contributed by atoms with Crippen LogP contribution in [0.25, 0.3) is 0 Å². The molecule has 0 aliphatic rings. The van der Waals surface area contributed by atoms with Crippen molar-refractivity contribution in [2.75, 3.05) is 13.2 Å². The van der Waals surface area contributed by atoms with E-state index in [1.165, 1.54) is 17.0 Å². The Morgan fingerprint density at radius 3 is 2.55 bits per heavy atom. The lowest BCUT2D eigenvalue weighted by Crippen LogP contribution is -2.41. The van der Waals surface area contributed by atoms with E-state index in [0.717, 1.165) is 6.07 Å². The van der Waals surface area contributed by atoms with E-state index in [1.54, 1.807) is 20.8 Å². The lowest BCUT2D eigenvalue weighted by atomic mass is 10.1. The standard InChI is InChI=1S/C14H17ClFNO3/c1-4-20-13(18)8-17(9(2)3)14(19)11-6-5-10(15)7-12(11)16/h5-7,9H,4,8H2,1-3H3. The molecule has 0 unspecified atom stereocenters. The monoisotopic (exact) mass is 301 g/mol. The number of benzene rings is 1. The second kappa shape index (κ2) is 7.24. The van der Waals surface area contributed by atoms with Crippen molar-refractivity contribution >= 4 is 23.5 Å². The molecule has 1 aromatic carbocycles. The van der Waals surface area contributed by atoms with Crippen LogP contribution < -0.4 is 0 Å². The predicted octanol–water partition coefficient (Wildman–Crippen LogP) is 2.89. The topological polar surface area (TPSA) is 46.6 Å². The summed E-state index contributed by atoms with van der Waals surface area (Å²) >= 11 is 5.65. The first-order valence-corrected chi connectivity index (χ1v) is 6.66. The van der Waals surface area contributed by atoms with Crippen molar-refractivity contribution in [3.63, 3.8) is 0 Å². The van der Waals surface area contributed by atoms with Crippen LogP contribution in [0.4, 0.5) is 4.39 Å². The van der Waals surface area contributed by atoms with Gasteiger partial charge < -0.3 is 9.64 Å². The number of carbonyl (C=O) groups is 2. The van der Waals surface area contributed by atoms with Gasteiger partial charge in [0.15, 0.2) is 0 Å². The number of halogens is 2. The molecule has 6 heteroatoms. The van der Waals surface area contributed by atoms with Crippen LogP contribution in [0.5, 0.6) is 0 Å². The van der Waals surface area contributed by atoms with E-state index in [4.69, 9.17) is 16.3 Å². The Labute approximate surface area is 122 Å². The molecule has 0 aromatic heterocycles. The molecule has 0 heterocycles. The van der Waals surface area contributed by atoms with Crippen molar-refractivity contribution in [2.45, 2.75) is 26.8 Å². The highest BCUT2D eigenvalue weighted by Gasteiger charge is 2.24. The van der Waals surface area contributed by atoms with Crippen LogP contribution in [0.3, 0.4) is 0 Å². The van der Waals surface area contributed by atoms with Crippen LogP contribution in [0, 0.1) is 5.82 Å². The molecular formula is C14H17ClFNO3. The van der Waals surface area contributed by atoms with Crippen LogP contribution in [0.2, 0.25) is 5.02 Å². The first-order valence-electron chi connectivity index (χ1n) is 6.28. The van der Waals surface area contributed by atoms with E-state index in [9.17, 15) is 14.0 Å². The minimum Gasteiger partial charge on any atom is -0.465 e. The molecule has 0 atom stereocenters. The zero-order valence-corrected chi connectivity index (χ0v) is 12.4. The number of nitrogens with zero attached hydrogens (tertiary/aromatic N) is 1. The van der Waals surface area contributed by atoms with Crippen LogP contribution in [-0.4, -0.2) is 36.0 Å². The Kier molecular flexibility index (Phi) is 5.95. The fraction of sp³-hybridized carbons (Fsp3) is 0.429. The summed E-state index contributed by atoms with van der Waals surface area (Å²) in [5, 5.41) is 0.209. The summed E-state index contributed by atoms with van der Waals surface area (Å²) in [6.45, 7) is 5.18. The summed E-state index contributed by atoms with van der Waals surface area (Å²) in [4.78, 5) is 25.0. The van der Waals surface area contributed by atoms with Crippen LogP contribution >= 0.6 is 11.6 Å². The summed E-state index contributed by atoms with van der Waals surface area (Å²) in [5.41, 5.74) is -0.118. The van der Waals surface area contributed by atoms with E-state index >= 15 is 0 Å². The molecule has 0 aliphatic carbocycles. The summed E-state index contributed by atoms with van der Waals surface area (Å²) < 4.78 is 18.6. The Morgan fingerprint density at radius 1 is 1.40 bits per heavy atom. The molecule has 0 spiro atoms. The van der Waals surface area contributed by atoms with Gasteiger partial charge in [0, 0.05) is 11.1 Å². The Bertz CT molecular complexity index is 505. The molecule has 0 saturated heterocycles. The summed E-state index contributed by atoms with van der Waals surface area (Å²) in [6.07, 6.45) is 0. The molecule has 4 nitrogen and oxygen atoms in total. The van der Waals surface area contributed by atoms with Crippen molar-refractivity contribution in [3.05, 3.63) is 34.6 Å². The highest BCUT2D eigenvalue weighted by molar-refractivity contribution is 6.30. The highest BCUT2D eigenvalue weighted by atomic mass is 35.5. The van der Waals surface area contributed by atoms with Crippen LogP contribution in [0.15, 0.2) is 18.2 Å². The third-order valence-corrected chi connectivity index (χ3v) is 2.89. The lowest BCUT2D eigenvalue weighted by molar-refractivity contribution is -0.144. The highest BCUT2D eigenvalue weighted by Crippen LogP contribution is 2.17. The van der Waals surface area contributed by atoms with Crippen LogP contribution in [-0.2, 0) is 9.53 Å². The van der Waals surface area contributed by atoms with Gasteiger partial charge >= 0.3 is 5.97 Å². The smallest absolute Gasteiger partial charge is 0.325 e. The van der Waals surface area contributed by atoms with Gasteiger partial charge in [-0.05, 0) is 39.0 Å². The minimum absolute atomic E-state index is 0.118. The maximum Gasteiger partial charge on any atom is 0.325 e. The molecule has 0 N–H and O–H groups in total. The fourth-order valence-electron chi connectivity index (χ4n) is 1.65. The molecular weight excluding hydrogens is 285 g/mol. The Morgan fingerprint density at radius 2 is 2.05 bits per heavy atom. The summed E-state index contributed by atoms with van der Waals surface area (Å²) in [5.74, 6) is -1.80. The number of rotatable bonds is 5. The Hall–Kier alpha value is -1.62. The molecule has 0 fully saturated rings. The SMILES string of the molecule is CCOC(=O)CN(C(=O)c1ccc(Cl)cc1F)C(C)C. The minimum atomic E-state index is -0.711. The van der Waals surface area contributed by atoms with Gasteiger partial charge in [-0.15, -0.1) is 0 Å². The van der Waals surface area contributed by atoms with Gasteiger partial charge in [-0.1, -0.05) is 11.6 Å². The van der Waals surface area contributed by atoms with Gasteiger partial charge in [-0.2, -0.15) is 0 Å². The molecule has 0 radical (unpaired) electrons. The molecule has 0 bridgehead atoms. The third kappa shape index (κ3) is 4.20. The van der Waals surface area contributed by atoms with E-state index in [0.29, 0.717) is 0 Å². The van der Waals surface area contributed by atoms with Crippen molar-refractivity contribution in [1.29, 1.82) is 0 Å². The van der Waals surface area contributed by atoms with Gasteiger partial charge in [0.05, 0.1) is 12.2 Å². The van der Waals surface area contributed by atoms with Crippen LogP contribution in [0.1, 0.15) is 31.1 Å². The molecule has 20 heavy (non-hydrogen) atoms. The first kappa shape index (κ1) is 16.4. The number of amides is 1. The van der Waals surface area contributed by atoms with Gasteiger partial charge in [0.2, 0.25) is 0 Å². The zero-order chi connectivity index (χ0) is 15.3. The molecule has 110 valence electrons. The summed E-state index contributed by atoms with van der Waals surface area (Å²) in [7, 11) is 0. The van der Waals surface area contributed by atoms with Gasteiger partial charge in [0.25, 0.3) is 5.91 Å². The van der Waals surface area contributed by atoms with Crippen molar-refractivity contribution in [2.24, 2.45) is 0 Å². The average Bonchev–Trinajstić information content (AvgIpc) is 2.35.